The van der Waals surface area contributed by atoms with Gasteiger partial charge in [-0.15, -0.1) is 0 Å². The van der Waals surface area contributed by atoms with Gasteiger partial charge in [-0.1, -0.05) is 47.5 Å². The van der Waals surface area contributed by atoms with Crippen LogP contribution >= 0.6 is 23.2 Å². The fourth-order valence-electron chi connectivity index (χ4n) is 4.53. The zero-order valence-electron chi connectivity index (χ0n) is 21.9. The van der Waals surface area contributed by atoms with E-state index in [2.05, 4.69) is 10.3 Å². The molecule has 11 heteroatoms. The first kappa shape index (κ1) is 29.2. The molecule has 1 atom stereocenters. The van der Waals surface area contributed by atoms with E-state index in [4.69, 9.17) is 32.7 Å². The van der Waals surface area contributed by atoms with Crippen LogP contribution in [0, 0.1) is 0 Å². The first-order valence-electron chi connectivity index (χ1n) is 12.8. The van der Waals surface area contributed by atoms with Gasteiger partial charge in [0.1, 0.15) is 17.6 Å². The van der Waals surface area contributed by atoms with Crippen LogP contribution in [0.25, 0.3) is 0 Å². The average Bonchev–Trinajstić information content (AvgIpc) is 2.94. The number of aromatic nitrogens is 1. The Hall–Kier alpha value is -3.82. The van der Waals surface area contributed by atoms with Gasteiger partial charge >= 0.3 is 12.1 Å². The molecule has 0 spiro atoms. The quantitative estimate of drug-likeness (QED) is 0.243. The van der Waals surface area contributed by atoms with E-state index in [1.807, 2.05) is 18.2 Å². The van der Waals surface area contributed by atoms with Crippen LogP contribution in [0.2, 0.25) is 10.0 Å². The van der Waals surface area contributed by atoms with Crippen LogP contribution in [0.3, 0.4) is 0 Å². The number of pyridine rings is 1. The molecule has 1 unspecified atom stereocenters. The minimum absolute atomic E-state index is 0.0842. The summed E-state index contributed by atoms with van der Waals surface area (Å²) in [5.74, 6) is -0.0616. The standard InChI is InChI=1S/C29H29Cl2N3O6/c1-39-28(36)24(33-27(35)25-22(30)10-3-11-23(25)31)17-18-6-2-9-21(16-18)40-15-5-8-20-13-12-19-7-4-14-34(29(37)38)26(19)32-20/h2-3,6,9-13,16,24H,4-5,7-8,14-15,17H2,1H3,(H,33,35)(H,37,38). The van der Waals surface area contributed by atoms with Gasteiger partial charge in [-0.05, 0) is 67.1 Å². The van der Waals surface area contributed by atoms with Crippen molar-refractivity contribution < 1.29 is 29.0 Å². The maximum absolute atomic E-state index is 12.8. The SMILES string of the molecule is COC(=O)C(Cc1cccc(OCCCc2ccc3c(n2)N(C(=O)O)CCC3)c1)NC(=O)c1c(Cl)cccc1Cl. The summed E-state index contributed by atoms with van der Waals surface area (Å²) < 4.78 is 10.8. The predicted molar refractivity (Wildman–Crippen MR) is 152 cm³/mol. The highest BCUT2D eigenvalue weighted by Crippen LogP contribution is 2.26. The molecular weight excluding hydrogens is 557 g/mol. The largest absolute Gasteiger partial charge is 0.494 e. The number of halogens is 2. The maximum Gasteiger partial charge on any atom is 0.413 e. The third-order valence-electron chi connectivity index (χ3n) is 6.49. The maximum atomic E-state index is 12.8. The third kappa shape index (κ3) is 7.22. The average molecular weight is 586 g/mol. The highest BCUT2D eigenvalue weighted by molar-refractivity contribution is 6.39. The minimum Gasteiger partial charge on any atom is -0.494 e. The molecular formula is C29H29Cl2N3O6. The lowest BCUT2D eigenvalue weighted by Gasteiger charge is -2.26. The summed E-state index contributed by atoms with van der Waals surface area (Å²) in [5.41, 5.74) is 2.59. The van der Waals surface area contributed by atoms with E-state index >= 15 is 0 Å². The van der Waals surface area contributed by atoms with Gasteiger partial charge in [0, 0.05) is 18.7 Å². The molecule has 9 nitrogen and oxygen atoms in total. The number of benzene rings is 2. The lowest BCUT2D eigenvalue weighted by Crippen LogP contribution is -2.43. The van der Waals surface area contributed by atoms with Crippen LogP contribution in [-0.4, -0.2) is 54.4 Å². The first-order chi connectivity index (χ1) is 19.3. The zero-order valence-corrected chi connectivity index (χ0v) is 23.4. The van der Waals surface area contributed by atoms with E-state index in [1.54, 1.807) is 36.4 Å². The van der Waals surface area contributed by atoms with Gasteiger partial charge in [0.05, 0.1) is 29.3 Å². The molecule has 0 fully saturated rings. The van der Waals surface area contributed by atoms with Gasteiger partial charge in [-0.3, -0.25) is 9.69 Å². The molecule has 210 valence electrons. The minimum atomic E-state index is -0.990. The van der Waals surface area contributed by atoms with Crippen molar-refractivity contribution in [1.82, 2.24) is 10.3 Å². The molecule has 1 aliphatic rings. The summed E-state index contributed by atoms with van der Waals surface area (Å²) in [6.45, 7) is 0.861. The van der Waals surface area contributed by atoms with Crippen LogP contribution in [0.4, 0.5) is 10.6 Å². The van der Waals surface area contributed by atoms with Gasteiger partial charge in [-0.25, -0.2) is 14.6 Å². The Labute approximate surface area is 242 Å². The Morgan fingerprint density at radius 3 is 2.58 bits per heavy atom. The molecule has 0 bridgehead atoms. The molecule has 2 amide bonds. The number of fused-ring (bicyclic) bond motifs is 1. The number of nitrogens with zero attached hydrogens (tertiary/aromatic N) is 2. The fraction of sp³-hybridized carbons (Fsp3) is 0.310. The number of hydrogen-bond donors (Lipinski definition) is 2. The fourth-order valence-corrected chi connectivity index (χ4v) is 5.10. The van der Waals surface area contributed by atoms with Crippen LogP contribution in [-0.2, 0) is 28.8 Å². The number of esters is 1. The summed E-state index contributed by atoms with van der Waals surface area (Å²) in [5, 5.41) is 12.5. The van der Waals surface area contributed by atoms with Gasteiger partial charge in [0.15, 0.2) is 0 Å². The van der Waals surface area contributed by atoms with E-state index in [0.29, 0.717) is 37.6 Å². The number of rotatable bonds is 10. The van der Waals surface area contributed by atoms with Crippen molar-refractivity contribution in [3.63, 3.8) is 0 Å². The summed E-state index contributed by atoms with van der Waals surface area (Å²) >= 11 is 12.3. The number of hydrogen-bond acceptors (Lipinski definition) is 6. The lowest BCUT2D eigenvalue weighted by molar-refractivity contribution is -0.142. The number of carbonyl (C=O) groups is 3. The van der Waals surface area contributed by atoms with E-state index in [9.17, 15) is 19.5 Å². The predicted octanol–water partition coefficient (Wildman–Crippen LogP) is 5.34. The Bertz CT molecular complexity index is 1380. The van der Waals surface area contributed by atoms with Crippen LogP contribution in [0.5, 0.6) is 5.75 Å². The Kier molecular flexibility index (Phi) is 9.84. The zero-order chi connectivity index (χ0) is 28.6. The number of anilines is 1. The van der Waals surface area contributed by atoms with E-state index in [0.717, 1.165) is 29.7 Å². The Morgan fingerprint density at radius 2 is 1.85 bits per heavy atom. The Morgan fingerprint density at radius 1 is 1.10 bits per heavy atom. The lowest BCUT2D eigenvalue weighted by atomic mass is 10.0. The molecule has 0 saturated heterocycles. The highest BCUT2D eigenvalue weighted by atomic mass is 35.5. The van der Waals surface area contributed by atoms with Gasteiger partial charge in [0.25, 0.3) is 5.91 Å². The summed E-state index contributed by atoms with van der Waals surface area (Å²) in [6.07, 6.45) is 2.08. The molecule has 0 radical (unpaired) electrons. The molecule has 2 aromatic carbocycles. The number of carbonyl (C=O) groups excluding carboxylic acids is 2. The monoisotopic (exact) mass is 585 g/mol. The number of aryl methyl sites for hydroxylation is 2. The van der Waals surface area contributed by atoms with Crippen molar-refractivity contribution in [1.29, 1.82) is 0 Å². The summed E-state index contributed by atoms with van der Waals surface area (Å²) in [6, 6.07) is 14.9. The number of amides is 2. The Balaban J connectivity index is 1.35. The molecule has 3 aromatic rings. The van der Waals surface area contributed by atoms with Crippen molar-refractivity contribution in [2.45, 2.75) is 38.1 Å². The summed E-state index contributed by atoms with van der Waals surface area (Å²) in [4.78, 5) is 42.7. The van der Waals surface area contributed by atoms with Crippen molar-refractivity contribution >= 4 is 47.0 Å². The van der Waals surface area contributed by atoms with Crippen molar-refractivity contribution in [3.05, 3.63) is 87.0 Å². The number of nitrogens with one attached hydrogen (secondary N) is 1. The van der Waals surface area contributed by atoms with E-state index < -0.39 is 24.0 Å². The number of ether oxygens (including phenoxy) is 2. The molecule has 2 heterocycles. The highest BCUT2D eigenvalue weighted by Gasteiger charge is 2.26. The number of carboxylic acid groups (broad SMARTS) is 1. The van der Waals surface area contributed by atoms with Gasteiger partial charge < -0.3 is 19.9 Å². The third-order valence-corrected chi connectivity index (χ3v) is 7.12. The normalized spacial score (nSPS) is 13.2. The molecule has 40 heavy (non-hydrogen) atoms. The number of methoxy groups -OCH3 is 1. The molecule has 4 rings (SSSR count). The van der Waals surface area contributed by atoms with Crippen molar-refractivity contribution in [3.8, 4) is 5.75 Å². The van der Waals surface area contributed by atoms with Crippen molar-refractivity contribution in [2.24, 2.45) is 0 Å². The van der Waals surface area contributed by atoms with Crippen LogP contribution < -0.4 is 15.0 Å². The molecule has 1 aliphatic heterocycles. The molecule has 0 saturated carbocycles. The van der Waals surface area contributed by atoms with Gasteiger partial charge in [-0.2, -0.15) is 0 Å². The van der Waals surface area contributed by atoms with E-state index in [-0.39, 0.29) is 22.0 Å². The second kappa shape index (κ2) is 13.5. The molecule has 0 aliphatic carbocycles. The van der Waals surface area contributed by atoms with Crippen LogP contribution in [0.15, 0.2) is 54.6 Å². The second-order valence-corrected chi connectivity index (χ2v) is 10.1. The first-order valence-corrected chi connectivity index (χ1v) is 13.6. The van der Waals surface area contributed by atoms with Crippen molar-refractivity contribution in [2.75, 3.05) is 25.2 Å². The van der Waals surface area contributed by atoms with Crippen LogP contribution in [0.1, 0.15) is 40.0 Å². The molecule has 2 N–H and O–H groups in total. The molecule has 1 aromatic heterocycles. The van der Waals surface area contributed by atoms with E-state index in [1.165, 1.54) is 12.0 Å². The smallest absolute Gasteiger partial charge is 0.413 e. The topological polar surface area (TPSA) is 118 Å². The second-order valence-electron chi connectivity index (χ2n) is 9.27. The van der Waals surface area contributed by atoms with Gasteiger partial charge in [0.2, 0.25) is 0 Å². The summed E-state index contributed by atoms with van der Waals surface area (Å²) in [7, 11) is 1.25.